The van der Waals surface area contributed by atoms with Crippen LogP contribution < -0.4 is 10.1 Å². The van der Waals surface area contributed by atoms with Gasteiger partial charge in [-0.3, -0.25) is 4.79 Å². The van der Waals surface area contributed by atoms with Gasteiger partial charge in [-0.1, -0.05) is 19.1 Å². The fourth-order valence-corrected chi connectivity index (χ4v) is 2.81. The third-order valence-corrected chi connectivity index (χ3v) is 4.06. The Labute approximate surface area is 142 Å². The molecule has 0 aliphatic carbocycles. The van der Waals surface area contributed by atoms with Crippen LogP contribution in [0.25, 0.3) is 0 Å². The molecule has 1 aromatic carbocycles. The van der Waals surface area contributed by atoms with Gasteiger partial charge in [0.15, 0.2) is 0 Å². The highest BCUT2D eigenvalue weighted by atomic mass is 16.5. The first kappa shape index (κ1) is 18.3. The SMILES string of the molecule is CCCOc1cccc(CC(=O)NC(C(=O)O)C2CCOCC2)c1. The number of nitrogens with one attached hydrogen (secondary N) is 1. The Balaban J connectivity index is 1.94. The van der Waals surface area contributed by atoms with Crippen molar-refractivity contribution in [1.82, 2.24) is 5.32 Å². The highest BCUT2D eigenvalue weighted by Gasteiger charge is 2.30. The number of amides is 1. The van der Waals surface area contributed by atoms with E-state index in [9.17, 15) is 14.7 Å². The minimum atomic E-state index is -0.990. The number of aliphatic carboxylic acids is 1. The summed E-state index contributed by atoms with van der Waals surface area (Å²) in [4.78, 5) is 23.7. The summed E-state index contributed by atoms with van der Waals surface area (Å²) in [6.07, 6.45) is 2.35. The summed E-state index contributed by atoms with van der Waals surface area (Å²) >= 11 is 0. The Hall–Kier alpha value is -2.08. The molecule has 1 unspecified atom stereocenters. The number of hydrogen-bond acceptors (Lipinski definition) is 4. The van der Waals surface area contributed by atoms with Crippen molar-refractivity contribution in [1.29, 1.82) is 0 Å². The van der Waals surface area contributed by atoms with Crippen LogP contribution in [0.5, 0.6) is 5.75 Å². The van der Waals surface area contributed by atoms with Gasteiger partial charge in [0.1, 0.15) is 11.8 Å². The van der Waals surface area contributed by atoms with Crippen molar-refractivity contribution in [3.05, 3.63) is 29.8 Å². The summed E-state index contributed by atoms with van der Waals surface area (Å²) in [5.41, 5.74) is 0.803. The predicted molar refractivity (Wildman–Crippen MR) is 89.0 cm³/mol. The van der Waals surface area contributed by atoms with E-state index >= 15 is 0 Å². The monoisotopic (exact) mass is 335 g/mol. The fourth-order valence-electron chi connectivity index (χ4n) is 2.81. The number of ether oxygens (including phenoxy) is 2. The first-order chi connectivity index (χ1) is 11.6. The van der Waals surface area contributed by atoms with E-state index in [1.807, 2.05) is 31.2 Å². The molecule has 1 amide bonds. The van der Waals surface area contributed by atoms with E-state index in [1.54, 1.807) is 0 Å². The molecule has 132 valence electrons. The summed E-state index contributed by atoms with van der Waals surface area (Å²) in [6.45, 7) is 3.74. The zero-order chi connectivity index (χ0) is 17.4. The van der Waals surface area contributed by atoms with Gasteiger partial charge in [-0.2, -0.15) is 0 Å². The van der Waals surface area contributed by atoms with Crippen LogP contribution in [-0.4, -0.2) is 42.8 Å². The molecule has 1 aromatic rings. The third kappa shape index (κ3) is 5.53. The first-order valence-electron chi connectivity index (χ1n) is 8.41. The fraction of sp³-hybridized carbons (Fsp3) is 0.556. The van der Waals surface area contributed by atoms with Crippen LogP contribution >= 0.6 is 0 Å². The van der Waals surface area contributed by atoms with Crippen molar-refractivity contribution in [2.45, 2.75) is 38.6 Å². The Morgan fingerprint density at radius 1 is 1.38 bits per heavy atom. The molecule has 1 saturated heterocycles. The summed E-state index contributed by atoms with van der Waals surface area (Å²) in [5, 5.41) is 12.1. The van der Waals surface area contributed by atoms with Crippen molar-refractivity contribution in [3.8, 4) is 5.75 Å². The second-order valence-electron chi connectivity index (χ2n) is 6.01. The van der Waals surface area contributed by atoms with Crippen LogP contribution in [-0.2, 0) is 20.7 Å². The van der Waals surface area contributed by atoms with Gasteiger partial charge in [0.25, 0.3) is 0 Å². The number of carboxylic acid groups (broad SMARTS) is 1. The second-order valence-corrected chi connectivity index (χ2v) is 6.01. The molecule has 0 saturated carbocycles. The number of carboxylic acids is 1. The van der Waals surface area contributed by atoms with Gasteiger partial charge in [-0.05, 0) is 42.9 Å². The molecule has 24 heavy (non-hydrogen) atoms. The molecule has 0 bridgehead atoms. The van der Waals surface area contributed by atoms with E-state index in [4.69, 9.17) is 9.47 Å². The van der Waals surface area contributed by atoms with Gasteiger partial charge in [-0.15, -0.1) is 0 Å². The summed E-state index contributed by atoms with van der Waals surface area (Å²) in [7, 11) is 0. The van der Waals surface area contributed by atoms with E-state index in [-0.39, 0.29) is 18.2 Å². The van der Waals surface area contributed by atoms with Gasteiger partial charge < -0.3 is 19.9 Å². The summed E-state index contributed by atoms with van der Waals surface area (Å²) in [5.74, 6) is -0.641. The maximum atomic E-state index is 12.2. The van der Waals surface area contributed by atoms with Crippen LogP contribution in [0.3, 0.4) is 0 Å². The first-order valence-corrected chi connectivity index (χ1v) is 8.41. The van der Waals surface area contributed by atoms with E-state index in [2.05, 4.69) is 5.32 Å². The van der Waals surface area contributed by atoms with Crippen LogP contribution in [0.15, 0.2) is 24.3 Å². The lowest BCUT2D eigenvalue weighted by molar-refractivity contribution is -0.144. The zero-order valence-corrected chi connectivity index (χ0v) is 14.0. The molecule has 6 heteroatoms. The van der Waals surface area contributed by atoms with Crippen LogP contribution in [0.2, 0.25) is 0 Å². The maximum Gasteiger partial charge on any atom is 0.326 e. The summed E-state index contributed by atoms with van der Waals surface area (Å²) < 4.78 is 10.8. The lowest BCUT2D eigenvalue weighted by Crippen LogP contribution is -2.48. The summed E-state index contributed by atoms with van der Waals surface area (Å²) in [6, 6.07) is 6.48. The average Bonchev–Trinajstić information content (AvgIpc) is 2.58. The molecule has 0 aromatic heterocycles. The van der Waals surface area contributed by atoms with Gasteiger partial charge in [-0.25, -0.2) is 4.79 Å². The van der Waals surface area contributed by atoms with Crippen molar-refractivity contribution in [2.24, 2.45) is 5.92 Å². The van der Waals surface area contributed by atoms with Crippen LogP contribution in [0, 0.1) is 5.92 Å². The topological polar surface area (TPSA) is 84.9 Å². The molecule has 1 fully saturated rings. The van der Waals surface area contributed by atoms with Gasteiger partial charge in [0.05, 0.1) is 13.0 Å². The lowest BCUT2D eigenvalue weighted by atomic mass is 9.91. The Bertz CT molecular complexity index is 554. The lowest BCUT2D eigenvalue weighted by Gasteiger charge is -2.28. The molecule has 6 nitrogen and oxygen atoms in total. The van der Waals surface area contributed by atoms with Crippen LogP contribution in [0.1, 0.15) is 31.7 Å². The number of rotatable bonds is 8. The third-order valence-electron chi connectivity index (χ3n) is 4.06. The van der Waals surface area contributed by atoms with Crippen LogP contribution in [0.4, 0.5) is 0 Å². The maximum absolute atomic E-state index is 12.2. The average molecular weight is 335 g/mol. The van der Waals surface area contributed by atoms with Crippen molar-refractivity contribution in [3.63, 3.8) is 0 Å². The normalized spacial score (nSPS) is 16.4. The number of carbonyl (C=O) groups excluding carboxylic acids is 1. The van der Waals surface area contributed by atoms with E-state index in [1.165, 1.54) is 0 Å². The minimum absolute atomic E-state index is 0.0839. The van der Waals surface area contributed by atoms with Gasteiger partial charge in [0.2, 0.25) is 5.91 Å². The Kier molecular flexibility index (Phi) is 7.06. The molecular weight excluding hydrogens is 310 g/mol. The predicted octanol–water partition coefficient (Wildman–Crippen LogP) is 2.01. The van der Waals surface area contributed by atoms with Gasteiger partial charge in [0, 0.05) is 13.2 Å². The van der Waals surface area contributed by atoms with Crippen molar-refractivity contribution < 1.29 is 24.2 Å². The largest absolute Gasteiger partial charge is 0.494 e. The van der Waals surface area contributed by atoms with Gasteiger partial charge >= 0.3 is 5.97 Å². The molecule has 0 spiro atoms. The molecule has 1 atom stereocenters. The molecule has 1 aliphatic rings. The zero-order valence-electron chi connectivity index (χ0n) is 14.0. The number of carbonyl (C=O) groups is 2. The Morgan fingerprint density at radius 2 is 2.12 bits per heavy atom. The second kappa shape index (κ2) is 9.27. The smallest absolute Gasteiger partial charge is 0.326 e. The highest BCUT2D eigenvalue weighted by molar-refractivity contribution is 5.85. The van der Waals surface area contributed by atoms with E-state index in [0.29, 0.717) is 32.7 Å². The van der Waals surface area contributed by atoms with E-state index in [0.717, 1.165) is 17.7 Å². The van der Waals surface area contributed by atoms with E-state index < -0.39 is 12.0 Å². The quantitative estimate of drug-likeness (QED) is 0.759. The minimum Gasteiger partial charge on any atom is -0.494 e. The van der Waals surface area contributed by atoms with Crippen molar-refractivity contribution >= 4 is 11.9 Å². The Morgan fingerprint density at radius 3 is 2.79 bits per heavy atom. The molecule has 1 heterocycles. The highest BCUT2D eigenvalue weighted by Crippen LogP contribution is 2.19. The number of hydrogen-bond donors (Lipinski definition) is 2. The molecule has 0 radical (unpaired) electrons. The molecule has 2 N–H and O–H groups in total. The van der Waals surface area contributed by atoms with Crippen molar-refractivity contribution in [2.75, 3.05) is 19.8 Å². The molecular formula is C18H25NO5. The molecule has 1 aliphatic heterocycles. The standard InChI is InChI=1S/C18H25NO5/c1-2-8-24-15-5-3-4-13(11-15)12-16(20)19-17(18(21)22)14-6-9-23-10-7-14/h3-5,11,14,17H,2,6-10,12H2,1H3,(H,19,20)(H,21,22). The number of benzene rings is 1. The molecule has 2 rings (SSSR count).